The number of nitrogens with one attached hydrogen (secondary N) is 1. The van der Waals surface area contributed by atoms with Crippen LogP contribution >= 0.6 is 15.9 Å². The van der Waals surface area contributed by atoms with Gasteiger partial charge in [-0.05, 0) is 35.0 Å². The maximum Gasteiger partial charge on any atom is 0.249 e. The van der Waals surface area contributed by atoms with E-state index >= 15 is 0 Å². The second-order valence-electron chi connectivity index (χ2n) is 3.82. The molecule has 0 bridgehead atoms. The molecule has 1 atom stereocenters. The number of hydrogen-bond acceptors (Lipinski definition) is 3. The fourth-order valence-electron chi connectivity index (χ4n) is 1.46. The average molecular weight is 310 g/mol. The van der Waals surface area contributed by atoms with Gasteiger partial charge in [0.15, 0.2) is 0 Å². The average Bonchev–Trinajstić information content (AvgIpc) is 2.78. The van der Waals surface area contributed by atoms with Gasteiger partial charge in [-0.25, -0.2) is 0 Å². The molecule has 2 N–H and O–H groups in total. The lowest BCUT2D eigenvalue weighted by molar-refractivity contribution is -0.119. The van der Waals surface area contributed by atoms with Gasteiger partial charge < -0.3 is 10.4 Å². The van der Waals surface area contributed by atoms with E-state index in [2.05, 4.69) is 26.3 Å². The minimum atomic E-state index is -0.462. The Balaban J connectivity index is 2.11. The quantitative estimate of drug-likeness (QED) is 0.856. The lowest BCUT2D eigenvalue weighted by atomic mass is 10.2. The van der Waals surface area contributed by atoms with Crippen LogP contribution in [0.15, 0.2) is 41.1 Å². The highest BCUT2D eigenvalue weighted by Crippen LogP contribution is 2.22. The van der Waals surface area contributed by atoms with Gasteiger partial charge in [0.1, 0.15) is 11.8 Å². The zero-order valence-corrected chi connectivity index (χ0v) is 11.3. The van der Waals surface area contributed by atoms with Crippen LogP contribution in [0.25, 0.3) is 0 Å². The zero-order valence-electron chi connectivity index (χ0n) is 9.67. The summed E-state index contributed by atoms with van der Waals surface area (Å²) in [5.41, 5.74) is 0.389. The number of benzene rings is 1. The fraction of sp³-hybridized carbons (Fsp3) is 0.167. The number of carbonyl (C=O) groups excluding carboxylic acids is 1. The van der Waals surface area contributed by atoms with Crippen LogP contribution in [0.1, 0.15) is 13.0 Å². The highest BCUT2D eigenvalue weighted by atomic mass is 79.9. The number of nitrogens with zero attached hydrogens (tertiary/aromatic N) is 2. The van der Waals surface area contributed by atoms with Gasteiger partial charge in [0.25, 0.3) is 0 Å². The maximum atomic E-state index is 12.0. The van der Waals surface area contributed by atoms with E-state index in [-0.39, 0.29) is 11.7 Å². The van der Waals surface area contributed by atoms with Crippen molar-refractivity contribution in [3.8, 4) is 5.75 Å². The smallest absolute Gasteiger partial charge is 0.249 e. The van der Waals surface area contributed by atoms with Crippen molar-refractivity contribution in [2.24, 2.45) is 0 Å². The number of anilines is 1. The summed E-state index contributed by atoms with van der Waals surface area (Å²) in [5.74, 6) is -0.202. The summed E-state index contributed by atoms with van der Waals surface area (Å²) in [6.07, 6.45) is 3.33. The van der Waals surface area contributed by atoms with E-state index in [1.54, 1.807) is 42.2 Å². The van der Waals surface area contributed by atoms with Gasteiger partial charge >= 0.3 is 0 Å². The molecule has 0 saturated heterocycles. The lowest BCUT2D eigenvalue weighted by Crippen LogP contribution is -2.24. The second kappa shape index (κ2) is 5.22. The van der Waals surface area contributed by atoms with Gasteiger partial charge in [-0.3, -0.25) is 9.48 Å². The molecule has 0 radical (unpaired) electrons. The standard InChI is InChI=1S/C12H12BrN3O2/c1-8(16-7-9(13)6-14-16)12(18)15-10-4-2-3-5-11(10)17/h2-8,17H,1H3,(H,15,18). The van der Waals surface area contributed by atoms with Crippen LogP contribution in [0.3, 0.4) is 0 Å². The molecule has 1 heterocycles. The largest absolute Gasteiger partial charge is 0.506 e. The molecule has 2 rings (SSSR count). The number of rotatable bonds is 3. The molecule has 0 spiro atoms. The highest BCUT2D eigenvalue weighted by molar-refractivity contribution is 9.10. The number of phenolic OH excluding ortho intramolecular Hbond substituents is 1. The minimum absolute atomic E-state index is 0.0414. The van der Waals surface area contributed by atoms with E-state index in [0.29, 0.717) is 5.69 Å². The van der Waals surface area contributed by atoms with Crippen molar-refractivity contribution in [1.29, 1.82) is 0 Å². The SMILES string of the molecule is CC(C(=O)Nc1ccccc1O)n1cc(Br)cn1. The van der Waals surface area contributed by atoms with Crippen molar-refractivity contribution in [3.05, 3.63) is 41.1 Å². The third-order valence-corrected chi connectivity index (χ3v) is 2.92. The first kappa shape index (κ1) is 12.6. The Hall–Kier alpha value is -1.82. The van der Waals surface area contributed by atoms with E-state index in [0.717, 1.165) is 4.47 Å². The van der Waals surface area contributed by atoms with Gasteiger partial charge in [0, 0.05) is 6.20 Å². The van der Waals surface area contributed by atoms with Crippen molar-refractivity contribution < 1.29 is 9.90 Å². The van der Waals surface area contributed by atoms with Crippen molar-refractivity contribution in [1.82, 2.24) is 9.78 Å². The molecule has 0 aliphatic rings. The number of phenols is 1. The summed E-state index contributed by atoms with van der Waals surface area (Å²) >= 11 is 3.27. The Bertz CT molecular complexity index is 568. The Morgan fingerprint density at radius 2 is 2.22 bits per heavy atom. The predicted octanol–water partition coefficient (Wildman–Crippen LogP) is 2.55. The van der Waals surface area contributed by atoms with Gasteiger partial charge in [0.05, 0.1) is 16.4 Å². The monoisotopic (exact) mass is 309 g/mol. The van der Waals surface area contributed by atoms with Crippen LogP contribution < -0.4 is 5.32 Å². The molecule has 2 aromatic rings. The second-order valence-corrected chi connectivity index (χ2v) is 4.74. The van der Waals surface area contributed by atoms with Crippen LogP contribution in [0.2, 0.25) is 0 Å². The number of aromatic nitrogens is 2. The third kappa shape index (κ3) is 2.70. The predicted molar refractivity (Wildman–Crippen MR) is 71.4 cm³/mol. The van der Waals surface area contributed by atoms with Gasteiger partial charge in [-0.15, -0.1) is 0 Å². The van der Waals surface area contributed by atoms with Crippen LogP contribution in [0, 0.1) is 0 Å². The molecule has 0 saturated carbocycles. The summed E-state index contributed by atoms with van der Waals surface area (Å²) in [7, 11) is 0. The van der Waals surface area contributed by atoms with E-state index in [1.807, 2.05) is 0 Å². The van der Waals surface area contributed by atoms with Crippen LogP contribution in [0.4, 0.5) is 5.69 Å². The topological polar surface area (TPSA) is 67.2 Å². The Labute approximate surface area is 113 Å². The molecule has 0 aliphatic carbocycles. The number of halogens is 1. The highest BCUT2D eigenvalue weighted by Gasteiger charge is 2.16. The van der Waals surface area contributed by atoms with E-state index in [1.165, 1.54) is 6.07 Å². The number of para-hydroxylation sites is 2. The molecule has 0 fully saturated rings. The third-order valence-electron chi connectivity index (χ3n) is 2.51. The number of aromatic hydroxyl groups is 1. The van der Waals surface area contributed by atoms with Gasteiger partial charge in [0.2, 0.25) is 5.91 Å². The summed E-state index contributed by atoms with van der Waals surface area (Å²) < 4.78 is 2.35. The fourth-order valence-corrected chi connectivity index (χ4v) is 1.76. The number of hydrogen-bond donors (Lipinski definition) is 2. The number of amides is 1. The molecular weight excluding hydrogens is 298 g/mol. The van der Waals surface area contributed by atoms with Crippen molar-refractivity contribution >= 4 is 27.5 Å². The van der Waals surface area contributed by atoms with Gasteiger partial charge in [-0.2, -0.15) is 5.10 Å². The summed E-state index contributed by atoms with van der Waals surface area (Å²) in [6.45, 7) is 1.73. The molecule has 0 aliphatic heterocycles. The molecule has 1 unspecified atom stereocenters. The van der Waals surface area contributed by atoms with Crippen molar-refractivity contribution in [3.63, 3.8) is 0 Å². The molecule has 1 aromatic carbocycles. The zero-order chi connectivity index (χ0) is 13.1. The molecular formula is C12H12BrN3O2. The van der Waals surface area contributed by atoms with E-state index in [4.69, 9.17) is 0 Å². The first-order chi connectivity index (χ1) is 8.58. The Morgan fingerprint density at radius 1 is 1.50 bits per heavy atom. The molecule has 94 valence electrons. The van der Waals surface area contributed by atoms with E-state index in [9.17, 15) is 9.90 Å². The molecule has 5 nitrogen and oxygen atoms in total. The normalized spacial score (nSPS) is 12.1. The van der Waals surface area contributed by atoms with Crippen molar-refractivity contribution in [2.75, 3.05) is 5.32 Å². The Kier molecular flexibility index (Phi) is 3.66. The summed E-state index contributed by atoms with van der Waals surface area (Å²) in [5, 5.41) is 16.3. The first-order valence-corrected chi connectivity index (χ1v) is 6.16. The molecule has 1 amide bonds. The maximum absolute atomic E-state index is 12.0. The lowest BCUT2D eigenvalue weighted by Gasteiger charge is -2.13. The van der Waals surface area contributed by atoms with Gasteiger partial charge in [-0.1, -0.05) is 12.1 Å². The van der Waals surface area contributed by atoms with Crippen molar-refractivity contribution in [2.45, 2.75) is 13.0 Å². The summed E-state index contributed by atoms with van der Waals surface area (Å²) in [4.78, 5) is 12.0. The molecule has 18 heavy (non-hydrogen) atoms. The van der Waals surface area contributed by atoms with Crippen LogP contribution in [-0.4, -0.2) is 20.8 Å². The molecule has 1 aromatic heterocycles. The number of carbonyl (C=O) groups is 1. The minimum Gasteiger partial charge on any atom is -0.506 e. The van der Waals surface area contributed by atoms with Crippen LogP contribution in [0.5, 0.6) is 5.75 Å². The summed E-state index contributed by atoms with van der Waals surface area (Å²) in [6, 6.07) is 6.13. The van der Waals surface area contributed by atoms with E-state index < -0.39 is 6.04 Å². The first-order valence-electron chi connectivity index (χ1n) is 5.36. The Morgan fingerprint density at radius 3 is 2.83 bits per heavy atom. The van der Waals surface area contributed by atoms with Crippen LogP contribution in [-0.2, 0) is 4.79 Å². The molecule has 6 heteroatoms.